The van der Waals surface area contributed by atoms with E-state index in [1.165, 1.54) is 32.4 Å². The second-order valence-electron chi connectivity index (χ2n) is 5.89. The number of nitrogens with one attached hydrogen (secondary N) is 2. The van der Waals surface area contributed by atoms with Crippen molar-refractivity contribution in [3.63, 3.8) is 0 Å². The molecule has 1 atom stereocenters. The summed E-state index contributed by atoms with van der Waals surface area (Å²) >= 11 is 0. The van der Waals surface area contributed by atoms with Crippen LogP contribution in [0.4, 0.5) is 0 Å². The van der Waals surface area contributed by atoms with Crippen LogP contribution >= 0.6 is 0 Å². The van der Waals surface area contributed by atoms with Gasteiger partial charge in [-0.05, 0) is 30.9 Å². The number of carboxylic acids is 1. The third-order valence-electron chi connectivity index (χ3n) is 3.99. The monoisotopic (exact) mass is 386 g/mol. The first-order chi connectivity index (χ1) is 12.3. The van der Waals surface area contributed by atoms with Crippen LogP contribution in [0.5, 0.6) is 11.5 Å². The number of hydrogen-bond acceptors (Lipinski definition) is 6. The Morgan fingerprint density at radius 1 is 1.23 bits per heavy atom. The number of amides is 1. The van der Waals surface area contributed by atoms with Crippen LogP contribution in [0, 0.1) is 5.92 Å². The van der Waals surface area contributed by atoms with Gasteiger partial charge in [0.1, 0.15) is 6.04 Å². The Morgan fingerprint density at radius 2 is 1.88 bits per heavy atom. The van der Waals surface area contributed by atoms with Crippen molar-refractivity contribution in [3.05, 3.63) is 18.2 Å². The topological polar surface area (TPSA) is 131 Å². The van der Waals surface area contributed by atoms with Gasteiger partial charge in [-0.2, -0.15) is 0 Å². The number of benzene rings is 1. The minimum absolute atomic E-state index is 0.0306. The Labute approximate surface area is 151 Å². The number of carbonyl (C=O) groups is 2. The fourth-order valence-electron chi connectivity index (χ4n) is 2.42. The van der Waals surface area contributed by atoms with E-state index in [1.54, 1.807) is 0 Å². The van der Waals surface area contributed by atoms with Crippen molar-refractivity contribution in [3.8, 4) is 11.5 Å². The zero-order valence-electron chi connectivity index (χ0n) is 14.5. The summed E-state index contributed by atoms with van der Waals surface area (Å²) in [7, 11) is -1.01. The molecule has 0 saturated heterocycles. The highest BCUT2D eigenvalue weighted by Gasteiger charge is 2.37. The molecule has 0 aromatic heterocycles. The SMILES string of the molecule is COc1ccc(S(=O)(=O)NCCC(=O)NC(C(=O)O)C2CC2)cc1OC. The first-order valence-corrected chi connectivity index (χ1v) is 9.50. The van der Waals surface area contributed by atoms with Crippen LogP contribution in [-0.2, 0) is 19.6 Å². The Balaban J connectivity index is 1.91. The molecule has 26 heavy (non-hydrogen) atoms. The van der Waals surface area contributed by atoms with Gasteiger partial charge in [0.25, 0.3) is 0 Å². The van der Waals surface area contributed by atoms with Crippen molar-refractivity contribution in [1.29, 1.82) is 0 Å². The molecule has 1 aliphatic carbocycles. The Hall–Kier alpha value is -2.33. The molecule has 1 aromatic carbocycles. The predicted molar refractivity (Wildman–Crippen MR) is 91.6 cm³/mol. The first kappa shape index (κ1) is 20.0. The number of sulfonamides is 1. The lowest BCUT2D eigenvalue weighted by Crippen LogP contribution is -2.43. The normalized spacial score (nSPS) is 15.2. The molecule has 1 unspecified atom stereocenters. The van der Waals surface area contributed by atoms with Crippen molar-refractivity contribution < 1.29 is 32.6 Å². The largest absolute Gasteiger partial charge is 0.493 e. The lowest BCUT2D eigenvalue weighted by molar-refractivity contribution is -0.142. The fraction of sp³-hybridized carbons (Fsp3) is 0.500. The van der Waals surface area contributed by atoms with Crippen molar-refractivity contribution in [2.75, 3.05) is 20.8 Å². The van der Waals surface area contributed by atoms with Crippen molar-refractivity contribution >= 4 is 21.9 Å². The molecule has 0 heterocycles. The average molecular weight is 386 g/mol. The second-order valence-corrected chi connectivity index (χ2v) is 7.65. The van der Waals surface area contributed by atoms with E-state index in [4.69, 9.17) is 14.6 Å². The molecule has 144 valence electrons. The van der Waals surface area contributed by atoms with Gasteiger partial charge in [-0.25, -0.2) is 17.9 Å². The van der Waals surface area contributed by atoms with Gasteiger partial charge in [-0.15, -0.1) is 0 Å². The van der Waals surface area contributed by atoms with Crippen LogP contribution in [0.25, 0.3) is 0 Å². The minimum Gasteiger partial charge on any atom is -0.493 e. The Morgan fingerprint density at radius 3 is 2.42 bits per heavy atom. The van der Waals surface area contributed by atoms with Gasteiger partial charge in [0, 0.05) is 19.0 Å². The highest BCUT2D eigenvalue weighted by Crippen LogP contribution is 2.32. The van der Waals surface area contributed by atoms with E-state index in [0.29, 0.717) is 5.75 Å². The van der Waals surface area contributed by atoms with E-state index >= 15 is 0 Å². The smallest absolute Gasteiger partial charge is 0.326 e. The number of carbonyl (C=O) groups excluding carboxylic acids is 1. The minimum atomic E-state index is -3.84. The van der Waals surface area contributed by atoms with Crippen LogP contribution in [0.3, 0.4) is 0 Å². The molecule has 10 heteroatoms. The summed E-state index contributed by atoms with van der Waals surface area (Å²) in [5.74, 6) is -0.974. The molecule has 9 nitrogen and oxygen atoms in total. The predicted octanol–water partition coefficient (Wildman–Crippen LogP) is 0.352. The van der Waals surface area contributed by atoms with Gasteiger partial charge in [-0.3, -0.25) is 4.79 Å². The van der Waals surface area contributed by atoms with Gasteiger partial charge in [0.2, 0.25) is 15.9 Å². The van der Waals surface area contributed by atoms with Crippen LogP contribution in [0.15, 0.2) is 23.1 Å². The van der Waals surface area contributed by atoms with E-state index in [2.05, 4.69) is 10.0 Å². The maximum Gasteiger partial charge on any atom is 0.326 e. The van der Waals surface area contributed by atoms with Crippen molar-refractivity contribution in [2.45, 2.75) is 30.2 Å². The summed E-state index contributed by atoms with van der Waals surface area (Å²) in [5.41, 5.74) is 0. The Kier molecular flexibility index (Phi) is 6.43. The summed E-state index contributed by atoms with van der Waals surface area (Å²) in [5, 5.41) is 11.5. The molecule has 1 aliphatic rings. The molecular weight excluding hydrogens is 364 g/mol. The quantitative estimate of drug-likeness (QED) is 0.529. The van der Waals surface area contributed by atoms with Gasteiger partial charge in [0.15, 0.2) is 11.5 Å². The zero-order valence-corrected chi connectivity index (χ0v) is 15.3. The maximum atomic E-state index is 12.3. The van der Waals surface area contributed by atoms with Crippen LogP contribution in [0.2, 0.25) is 0 Å². The van der Waals surface area contributed by atoms with E-state index in [-0.39, 0.29) is 29.5 Å². The lowest BCUT2D eigenvalue weighted by Gasteiger charge is -2.14. The van der Waals surface area contributed by atoms with E-state index < -0.39 is 27.9 Å². The molecule has 0 radical (unpaired) electrons. The van der Waals surface area contributed by atoms with Gasteiger partial charge in [0.05, 0.1) is 19.1 Å². The molecule has 0 spiro atoms. The number of rotatable bonds is 10. The van der Waals surface area contributed by atoms with E-state index in [0.717, 1.165) is 12.8 Å². The van der Waals surface area contributed by atoms with Crippen LogP contribution in [0.1, 0.15) is 19.3 Å². The third kappa shape index (κ3) is 5.09. The number of carboxylic acid groups (broad SMARTS) is 1. The first-order valence-electron chi connectivity index (χ1n) is 8.02. The van der Waals surface area contributed by atoms with Crippen molar-refractivity contribution in [1.82, 2.24) is 10.0 Å². The maximum absolute atomic E-state index is 12.3. The molecule has 0 aliphatic heterocycles. The summed E-state index contributed by atoms with van der Waals surface area (Å²) < 4.78 is 37.0. The lowest BCUT2D eigenvalue weighted by atomic mass is 10.2. The summed E-state index contributed by atoms with van der Waals surface area (Å²) in [6.07, 6.45) is 1.37. The third-order valence-corrected chi connectivity index (χ3v) is 5.44. The molecule has 3 N–H and O–H groups in total. The zero-order chi connectivity index (χ0) is 19.3. The molecule has 1 saturated carbocycles. The van der Waals surface area contributed by atoms with Gasteiger partial charge in [-0.1, -0.05) is 0 Å². The number of hydrogen-bond donors (Lipinski definition) is 3. The average Bonchev–Trinajstić information content (AvgIpc) is 3.43. The molecule has 1 amide bonds. The van der Waals surface area contributed by atoms with E-state index in [9.17, 15) is 18.0 Å². The number of methoxy groups -OCH3 is 2. The summed E-state index contributed by atoms with van der Waals surface area (Å²) in [6.45, 7) is -0.153. The highest BCUT2D eigenvalue weighted by molar-refractivity contribution is 7.89. The Bertz CT molecular complexity index is 775. The van der Waals surface area contributed by atoms with Gasteiger partial charge >= 0.3 is 5.97 Å². The summed E-state index contributed by atoms with van der Waals surface area (Å²) in [6, 6.07) is 3.23. The molecular formula is C16H22N2O7S. The van der Waals surface area contributed by atoms with Gasteiger partial charge < -0.3 is 19.9 Å². The standard InChI is InChI=1S/C16H22N2O7S/c1-24-12-6-5-11(9-13(12)25-2)26(22,23)17-8-7-14(19)18-15(16(20)21)10-3-4-10/h5-6,9-10,15,17H,3-4,7-8H2,1-2H3,(H,18,19)(H,20,21). The number of aliphatic carboxylic acids is 1. The van der Waals surface area contributed by atoms with E-state index in [1.807, 2.05) is 0 Å². The molecule has 1 fully saturated rings. The molecule has 1 aromatic rings. The highest BCUT2D eigenvalue weighted by atomic mass is 32.2. The fourth-order valence-corrected chi connectivity index (χ4v) is 3.47. The van der Waals surface area contributed by atoms with Crippen LogP contribution in [-0.4, -0.2) is 52.2 Å². The molecule has 0 bridgehead atoms. The summed E-state index contributed by atoms with van der Waals surface area (Å²) in [4.78, 5) is 22.9. The number of ether oxygens (including phenoxy) is 2. The van der Waals surface area contributed by atoms with Crippen LogP contribution < -0.4 is 19.5 Å². The van der Waals surface area contributed by atoms with Crippen molar-refractivity contribution in [2.24, 2.45) is 5.92 Å². The molecule has 2 rings (SSSR count). The second kappa shape index (κ2) is 8.37.